The number of carbonyl (C=O) groups excluding carboxylic acids is 1. The Hall–Kier alpha value is -3.17. The summed E-state index contributed by atoms with van der Waals surface area (Å²) in [4.78, 5) is 27.4. The Kier molecular flexibility index (Phi) is 7.59. The maximum absolute atomic E-state index is 13.9. The number of carbonyl (C=O) groups is 1. The summed E-state index contributed by atoms with van der Waals surface area (Å²) in [6.07, 6.45) is 17.5. The first kappa shape index (κ1) is 26.4. The lowest BCUT2D eigenvalue weighted by atomic mass is 9.70. The highest BCUT2D eigenvalue weighted by molar-refractivity contribution is 6.25. The summed E-state index contributed by atoms with van der Waals surface area (Å²) >= 11 is 0. The zero-order chi connectivity index (χ0) is 26.9. The number of Topliss-reactive ketones (excluding diaryl/α,β-unsaturated/α-hetero) is 1. The van der Waals surface area contributed by atoms with Crippen LogP contribution in [0.3, 0.4) is 0 Å². The number of allylic oxidation sites excluding steroid dienone is 6. The van der Waals surface area contributed by atoms with Gasteiger partial charge in [0, 0.05) is 66.4 Å². The van der Waals surface area contributed by atoms with E-state index in [1.54, 1.807) is 0 Å². The molecular formula is C32H41N5O. The largest absolute Gasteiger partial charge is 0.357 e. The number of aromatic amines is 1. The molecular weight excluding hydrogens is 470 g/mol. The molecule has 2 aliphatic heterocycles. The van der Waals surface area contributed by atoms with E-state index in [1.165, 1.54) is 32.1 Å². The highest BCUT2D eigenvalue weighted by atomic mass is 16.1. The number of H-pyrrole nitrogens is 1. The summed E-state index contributed by atoms with van der Waals surface area (Å²) in [7, 11) is 0. The number of aliphatic imine (C=N–C) groups is 1. The van der Waals surface area contributed by atoms with Gasteiger partial charge in [-0.3, -0.25) is 9.69 Å². The summed E-state index contributed by atoms with van der Waals surface area (Å²) in [5, 5.41) is 9.44. The monoisotopic (exact) mass is 511 g/mol. The third kappa shape index (κ3) is 4.73. The minimum atomic E-state index is -0.335. The zero-order valence-corrected chi connectivity index (χ0v) is 23.4. The number of nitrogens with one attached hydrogen (secondary N) is 1. The maximum Gasteiger partial charge on any atom is 0.196 e. The van der Waals surface area contributed by atoms with Crippen molar-refractivity contribution in [3.05, 3.63) is 63.3 Å². The van der Waals surface area contributed by atoms with Crippen LogP contribution in [0, 0.1) is 11.3 Å². The van der Waals surface area contributed by atoms with Crippen molar-refractivity contribution in [2.24, 2.45) is 4.99 Å². The predicted octanol–water partition coefficient (Wildman–Crippen LogP) is 6.10. The third-order valence-corrected chi connectivity index (χ3v) is 8.84. The highest BCUT2D eigenvalue weighted by Crippen LogP contribution is 2.45. The van der Waals surface area contributed by atoms with Gasteiger partial charge in [0.2, 0.25) is 0 Å². The topological polar surface area (TPSA) is 75.5 Å². The molecule has 0 saturated carbocycles. The van der Waals surface area contributed by atoms with E-state index in [2.05, 4.69) is 54.6 Å². The molecule has 1 fully saturated rings. The predicted molar refractivity (Wildman–Crippen MR) is 154 cm³/mol. The van der Waals surface area contributed by atoms with Gasteiger partial charge < -0.3 is 9.88 Å². The van der Waals surface area contributed by atoms with Crippen molar-refractivity contribution in [2.45, 2.75) is 84.1 Å². The fourth-order valence-corrected chi connectivity index (χ4v) is 6.64. The van der Waals surface area contributed by atoms with E-state index in [0.717, 1.165) is 65.7 Å². The standard InChI is InChI=1S/C32H41N5O/c1-5-7-11-23(9-6-2)36-15-17-37(18-16-36)28-14-13-26-25(21-34-28)30(38)29-24-12-8-10-22(20-33)19-27(24)35-31(29)32(26,3)4/h8,10,14,19,21,23,35H,5-7,9,11-13,15-18H2,1-4H3. The normalized spacial score (nSPS) is 21.6. The van der Waals surface area contributed by atoms with Crippen molar-refractivity contribution in [1.29, 1.82) is 5.26 Å². The second kappa shape index (κ2) is 10.9. The molecule has 1 unspecified atom stereocenters. The van der Waals surface area contributed by atoms with Gasteiger partial charge in [-0.05, 0) is 55.0 Å². The first-order valence-electron chi connectivity index (χ1n) is 14.4. The fraction of sp³-hybridized carbons (Fsp3) is 0.531. The molecule has 1 saturated heterocycles. The maximum atomic E-state index is 13.9. The molecule has 0 amide bonds. The molecule has 6 heteroatoms. The first-order valence-corrected chi connectivity index (χ1v) is 14.4. The SMILES string of the molecule is CCCCC(CCC)N1CCN(C2=CCC3=C(C=N2)C(=O)c2c([nH]c4c2CC=CC(C#N)=C4)C3(C)C)CC1. The van der Waals surface area contributed by atoms with Gasteiger partial charge in [0.25, 0.3) is 0 Å². The fourth-order valence-electron chi connectivity index (χ4n) is 6.64. The van der Waals surface area contributed by atoms with Gasteiger partial charge in [-0.2, -0.15) is 5.26 Å². The summed E-state index contributed by atoms with van der Waals surface area (Å²) in [6.45, 7) is 13.1. The Balaban J connectivity index is 1.35. The van der Waals surface area contributed by atoms with Gasteiger partial charge in [0.1, 0.15) is 5.82 Å². The third-order valence-electron chi connectivity index (χ3n) is 8.84. The van der Waals surface area contributed by atoms with Crippen molar-refractivity contribution >= 4 is 18.1 Å². The van der Waals surface area contributed by atoms with Gasteiger partial charge in [-0.1, -0.05) is 53.0 Å². The smallest absolute Gasteiger partial charge is 0.196 e. The number of hydrogen-bond acceptors (Lipinski definition) is 5. The Bertz CT molecular complexity index is 1290. The van der Waals surface area contributed by atoms with E-state index in [-0.39, 0.29) is 11.2 Å². The lowest BCUT2D eigenvalue weighted by Gasteiger charge is -2.40. The Morgan fingerprint density at radius 3 is 2.63 bits per heavy atom. The number of hydrogen-bond donors (Lipinski definition) is 1. The number of piperazine rings is 1. The van der Waals surface area contributed by atoms with Crippen LogP contribution in [0.15, 0.2) is 45.8 Å². The number of rotatable bonds is 7. The van der Waals surface area contributed by atoms with Crippen molar-refractivity contribution in [3.8, 4) is 6.07 Å². The molecule has 0 radical (unpaired) electrons. The van der Waals surface area contributed by atoms with E-state index in [1.807, 2.05) is 24.4 Å². The van der Waals surface area contributed by atoms with Gasteiger partial charge in [0.15, 0.2) is 5.78 Å². The second-order valence-corrected chi connectivity index (χ2v) is 11.6. The van der Waals surface area contributed by atoms with E-state index < -0.39 is 0 Å². The number of nitriles is 1. The number of nitrogens with zero attached hydrogens (tertiary/aromatic N) is 4. The quantitative estimate of drug-likeness (QED) is 0.480. The van der Waals surface area contributed by atoms with E-state index in [4.69, 9.17) is 4.99 Å². The molecule has 1 N–H and O–H groups in total. The summed E-state index contributed by atoms with van der Waals surface area (Å²) < 4.78 is 0. The minimum Gasteiger partial charge on any atom is -0.357 e. The van der Waals surface area contributed by atoms with E-state index in [9.17, 15) is 10.1 Å². The second-order valence-electron chi connectivity index (χ2n) is 11.6. The first-order chi connectivity index (χ1) is 18.4. The van der Waals surface area contributed by atoms with Crippen molar-refractivity contribution in [1.82, 2.24) is 14.8 Å². The van der Waals surface area contributed by atoms with Crippen LogP contribution in [0.2, 0.25) is 0 Å². The summed E-state index contributed by atoms with van der Waals surface area (Å²) in [5.74, 6) is 1.05. The molecule has 38 heavy (non-hydrogen) atoms. The molecule has 200 valence electrons. The molecule has 2 aliphatic carbocycles. The molecule has 5 rings (SSSR count). The number of unbranched alkanes of at least 4 members (excludes halogenated alkanes) is 1. The molecule has 1 atom stereocenters. The van der Waals surface area contributed by atoms with Gasteiger partial charge in [-0.15, -0.1) is 0 Å². The Morgan fingerprint density at radius 1 is 1.13 bits per heavy atom. The van der Waals surface area contributed by atoms with Gasteiger partial charge in [-0.25, -0.2) is 4.99 Å². The van der Waals surface area contributed by atoms with E-state index in [0.29, 0.717) is 24.5 Å². The van der Waals surface area contributed by atoms with Gasteiger partial charge >= 0.3 is 0 Å². The molecule has 4 aliphatic rings. The number of ketones is 1. The average molecular weight is 512 g/mol. The summed E-state index contributed by atoms with van der Waals surface area (Å²) in [6, 6.07) is 2.93. The molecule has 0 spiro atoms. The number of fused-ring (bicyclic) bond motifs is 3. The van der Waals surface area contributed by atoms with Crippen LogP contribution in [0.25, 0.3) is 6.08 Å². The zero-order valence-electron chi connectivity index (χ0n) is 23.4. The molecule has 1 aromatic rings. The molecule has 6 nitrogen and oxygen atoms in total. The lowest BCUT2D eigenvalue weighted by molar-refractivity contribution is 0.103. The van der Waals surface area contributed by atoms with Crippen LogP contribution < -0.4 is 0 Å². The number of aromatic nitrogens is 1. The van der Waals surface area contributed by atoms with Crippen LogP contribution in [-0.4, -0.2) is 59.0 Å². The molecule has 3 heterocycles. The van der Waals surface area contributed by atoms with Crippen LogP contribution >= 0.6 is 0 Å². The Morgan fingerprint density at radius 2 is 1.92 bits per heavy atom. The minimum absolute atomic E-state index is 0.0515. The van der Waals surface area contributed by atoms with Crippen LogP contribution in [0.1, 0.15) is 93.5 Å². The lowest BCUT2D eigenvalue weighted by Crippen LogP contribution is -2.49. The van der Waals surface area contributed by atoms with Gasteiger partial charge in [0.05, 0.1) is 11.6 Å². The van der Waals surface area contributed by atoms with E-state index >= 15 is 0 Å². The molecule has 0 aromatic carbocycles. The van der Waals surface area contributed by atoms with Crippen molar-refractivity contribution in [3.63, 3.8) is 0 Å². The van der Waals surface area contributed by atoms with Crippen molar-refractivity contribution < 1.29 is 4.79 Å². The van der Waals surface area contributed by atoms with Crippen molar-refractivity contribution in [2.75, 3.05) is 26.2 Å². The molecule has 1 aromatic heterocycles. The van der Waals surface area contributed by atoms with Crippen LogP contribution in [0.4, 0.5) is 0 Å². The van der Waals surface area contributed by atoms with Crippen LogP contribution in [-0.2, 0) is 11.8 Å². The Labute approximate surface area is 227 Å². The van der Waals surface area contributed by atoms with Crippen LogP contribution in [0.5, 0.6) is 0 Å². The highest BCUT2D eigenvalue weighted by Gasteiger charge is 2.42. The summed E-state index contributed by atoms with van der Waals surface area (Å²) in [5.41, 5.74) is 5.70. The molecule has 0 bridgehead atoms. The average Bonchev–Trinajstić information content (AvgIpc) is 3.05.